The third kappa shape index (κ3) is 4.14. The first-order valence-electron chi connectivity index (χ1n) is 5.75. The van der Waals surface area contributed by atoms with Gasteiger partial charge in [-0.1, -0.05) is 26.0 Å². The molecule has 0 aliphatic heterocycles. The molecule has 0 aromatic heterocycles. The smallest absolute Gasteiger partial charge is 0.136 e. The molecule has 0 amide bonds. The number of hydrogen-bond acceptors (Lipinski definition) is 2. The third-order valence-corrected chi connectivity index (χ3v) is 3.03. The maximum Gasteiger partial charge on any atom is 0.136 e. The highest BCUT2D eigenvalue weighted by Crippen LogP contribution is 2.29. The second-order valence-electron chi connectivity index (χ2n) is 4.30. The Labute approximate surface area is 106 Å². The van der Waals surface area contributed by atoms with Crippen LogP contribution in [0.25, 0.3) is 0 Å². The van der Waals surface area contributed by atoms with E-state index in [1.54, 1.807) is 0 Å². The van der Waals surface area contributed by atoms with Crippen molar-refractivity contribution in [3.05, 3.63) is 28.2 Å². The molecule has 16 heavy (non-hydrogen) atoms. The summed E-state index contributed by atoms with van der Waals surface area (Å²) in [6.45, 7) is 5.81. The topological polar surface area (TPSA) is 35.2 Å². The van der Waals surface area contributed by atoms with Crippen molar-refractivity contribution >= 4 is 15.9 Å². The molecule has 2 N–H and O–H groups in total. The Kier molecular flexibility index (Phi) is 5.85. The second-order valence-corrected chi connectivity index (χ2v) is 5.15. The Hall–Kier alpha value is -0.540. The van der Waals surface area contributed by atoms with Gasteiger partial charge in [-0.25, -0.2) is 0 Å². The lowest BCUT2D eigenvalue weighted by Gasteiger charge is -2.13. The normalized spacial score (nSPS) is 10.8. The van der Waals surface area contributed by atoms with Crippen LogP contribution in [0.5, 0.6) is 5.75 Å². The van der Waals surface area contributed by atoms with Crippen molar-refractivity contribution in [2.24, 2.45) is 11.7 Å². The zero-order chi connectivity index (χ0) is 12.0. The lowest BCUT2D eigenvalue weighted by Crippen LogP contribution is -2.07. The van der Waals surface area contributed by atoms with E-state index in [1.165, 1.54) is 5.56 Å². The van der Waals surface area contributed by atoms with Gasteiger partial charge in [0.2, 0.25) is 0 Å². The van der Waals surface area contributed by atoms with Gasteiger partial charge in [0.05, 0.1) is 11.1 Å². The van der Waals surface area contributed by atoms with Gasteiger partial charge in [0.1, 0.15) is 5.75 Å². The molecule has 0 fully saturated rings. The first kappa shape index (κ1) is 13.5. The molecule has 0 aliphatic rings. The molecular formula is C13H20BrNO. The Morgan fingerprint density at radius 3 is 2.75 bits per heavy atom. The van der Waals surface area contributed by atoms with E-state index in [0.29, 0.717) is 12.5 Å². The SMILES string of the molecule is CC(C)CCOc1c(Br)cccc1CCN. The van der Waals surface area contributed by atoms with Gasteiger partial charge < -0.3 is 10.5 Å². The highest BCUT2D eigenvalue weighted by atomic mass is 79.9. The number of benzene rings is 1. The first-order chi connectivity index (χ1) is 7.65. The summed E-state index contributed by atoms with van der Waals surface area (Å²) in [4.78, 5) is 0. The summed E-state index contributed by atoms with van der Waals surface area (Å²) < 4.78 is 6.84. The molecule has 0 bridgehead atoms. The fourth-order valence-electron chi connectivity index (χ4n) is 1.46. The summed E-state index contributed by atoms with van der Waals surface area (Å²) in [6.07, 6.45) is 1.93. The summed E-state index contributed by atoms with van der Waals surface area (Å²) in [5.74, 6) is 1.62. The van der Waals surface area contributed by atoms with Crippen molar-refractivity contribution in [2.75, 3.05) is 13.2 Å². The predicted molar refractivity (Wildman–Crippen MR) is 71.9 cm³/mol. The van der Waals surface area contributed by atoms with Crippen molar-refractivity contribution in [3.63, 3.8) is 0 Å². The largest absolute Gasteiger partial charge is 0.492 e. The Balaban J connectivity index is 2.68. The number of nitrogens with two attached hydrogens (primary N) is 1. The maximum atomic E-state index is 5.83. The summed E-state index contributed by atoms with van der Waals surface area (Å²) in [5.41, 5.74) is 6.77. The second kappa shape index (κ2) is 6.92. The van der Waals surface area contributed by atoms with Crippen LogP contribution in [0.4, 0.5) is 0 Å². The van der Waals surface area contributed by atoms with Gasteiger partial charge in [-0.3, -0.25) is 0 Å². The summed E-state index contributed by atoms with van der Waals surface area (Å²) in [5, 5.41) is 0. The minimum atomic E-state index is 0.650. The fourth-order valence-corrected chi connectivity index (χ4v) is 1.99. The van der Waals surface area contributed by atoms with E-state index in [0.717, 1.165) is 29.7 Å². The highest BCUT2D eigenvalue weighted by Gasteiger charge is 2.07. The standard InChI is InChI=1S/C13H20BrNO/c1-10(2)7-9-16-13-11(6-8-15)4-3-5-12(13)14/h3-5,10H,6-9,15H2,1-2H3. The van der Waals surface area contributed by atoms with Gasteiger partial charge in [0, 0.05) is 0 Å². The van der Waals surface area contributed by atoms with Crippen LogP contribution in [-0.2, 0) is 6.42 Å². The maximum absolute atomic E-state index is 5.83. The van der Waals surface area contributed by atoms with Crippen molar-refractivity contribution in [1.29, 1.82) is 0 Å². The average molecular weight is 286 g/mol. The van der Waals surface area contributed by atoms with Crippen LogP contribution in [0.15, 0.2) is 22.7 Å². The van der Waals surface area contributed by atoms with Gasteiger partial charge >= 0.3 is 0 Å². The van der Waals surface area contributed by atoms with E-state index in [2.05, 4.69) is 35.8 Å². The monoisotopic (exact) mass is 285 g/mol. The van der Waals surface area contributed by atoms with Crippen molar-refractivity contribution in [1.82, 2.24) is 0 Å². The van der Waals surface area contributed by atoms with Gasteiger partial charge in [0.15, 0.2) is 0 Å². The fraction of sp³-hybridized carbons (Fsp3) is 0.538. The van der Waals surface area contributed by atoms with Crippen molar-refractivity contribution in [2.45, 2.75) is 26.7 Å². The van der Waals surface area contributed by atoms with Crippen LogP contribution in [-0.4, -0.2) is 13.2 Å². The molecule has 1 aromatic rings. The van der Waals surface area contributed by atoms with Crippen molar-refractivity contribution < 1.29 is 4.74 Å². The summed E-state index contributed by atoms with van der Waals surface area (Å²) >= 11 is 3.52. The van der Waals surface area contributed by atoms with E-state index in [9.17, 15) is 0 Å². The van der Waals surface area contributed by atoms with Gasteiger partial charge in [-0.05, 0) is 52.9 Å². The molecule has 3 heteroatoms. The molecule has 0 radical (unpaired) electrons. The molecular weight excluding hydrogens is 266 g/mol. The van der Waals surface area contributed by atoms with Gasteiger partial charge in [-0.2, -0.15) is 0 Å². The van der Waals surface area contributed by atoms with Crippen LogP contribution in [0.2, 0.25) is 0 Å². The average Bonchev–Trinajstić information content (AvgIpc) is 2.22. The predicted octanol–water partition coefficient (Wildman–Crippen LogP) is 3.38. The molecule has 0 saturated carbocycles. The number of hydrogen-bond donors (Lipinski definition) is 1. The molecule has 1 rings (SSSR count). The van der Waals surface area contributed by atoms with E-state index in [-0.39, 0.29) is 0 Å². The van der Waals surface area contributed by atoms with Crippen LogP contribution in [0, 0.1) is 5.92 Å². The van der Waals surface area contributed by atoms with Crippen LogP contribution in [0.3, 0.4) is 0 Å². The van der Waals surface area contributed by atoms with Gasteiger partial charge in [0.25, 0.3) is 0 Å². The lowest BCUT2D eigenvalue weighted by atomic mass is 10.1. The molecule has 0 saturated heterocycles. The first-order valence-corrected chi connectivity index (χ1v) is 6.54. The number of rotatable bonds is 6. The molecule has 0 spiro atoms. The minimum Gasteiger partial charge on any atom is -0.492 e. The Bertz CT molecular complexity index is 326. The Morgan fingerprint density at radius 1 is 1.38 bits per heavy atom. The van der Waals surface area contributed by atoms with E-state index in [4.69, 9.17) is 10.5 Å². The quantitative estimate of drug-likeness (QED) is 0.870. The minimum absolute atomic E-state index is 0.650. The van der Waals surface area contributed by atoms with Crippen LogP contribution < -0.4 is 10.5 Å². The number of para-hydroxylation sites is 1. The molecule has 90 valence electrons. The van der Waals surface area contributed by atoms with Crippen molar-refractivity contribution in [3.8, 4) is 5.75 Å². The molecule has 0 atom stereocenters. The Morgan fingerprint density at radius 2 is 2.12 bits per heavy atom. The number of ether oxygens (including phenoxy) is 1. The summed E-state index contributed by atoms with van der Waals surface area (Å²) in [6, 6.07) is 6.09. The number of halogens is 1. The lowest BCUT2D eigenvalue weighted by molar-refractivity contribution is 0.285. The molecule has 0 unspecified atom stereocenters. The summed E-state index contributed by atoms with van der Waals surface area (Å²) in [7, 11) is 0. The molecule has 1 aromatic carbocycles. The molecule has 0 aliphatic carbocycles. The van der Waals surface area contributed by atoms with Crippen LogP contribution >= 0.6 is 15.9 Å². The third-order valence-electron chi connectivity index (χ3n) is 2.40. The zero-order valence-corrected chi connectivity index (χ0v) is 11.6. The van der Waals surface area contributed by atoms with Gasteiger partial charge in [-0.15, -0.1) is 0 Å². The van der Waals surface area contributed by atoms with E-state index < -0.39 is 0 Å². The van der Waals surface area contributed by atoms with Crippen LogP contribution in [0.1, 0.15) is 25.8 Å². The molecule has 0 heterocycles. The molecule has 2 nitrogen and oxygen atoms in total. The zero-order valence-electron chi connectivity index (χ0n) is 10.0. The van der Waals surface area contributed by atoms with E-state index >= 15 is 0 Å². The highest BCUT2D eigenvalue weighted by molar-refractivity contribution is 9.10. The van der Waals surface area contributed by atoms with E-state index in [1.807, 2.05) is 12.1 Å².